The minimum Gasteiger partial charge on any atom is -0.308 e. The summed E-state index contributed by atoms with van der Waals surface area (Å²) in [5, 5.41) is 12.7. The van der Waals surface area contributed by atoms with E-state index in [4.69, 9.17) is 13.9 Å². The van der Waals surface area contributed by atoms with Crippen LogP contribution in [0.5, 0.6) is 0 Å². The molecule has 10 heteroatoms. The second kappa shape index (κ2) is 12.6. The van der Waals surface area contributed by atoms with Crippen LogP contribution in [0, 0.1) is 15.5 Å². The maximum absolute atomic E-state index is 14.0. The number of pyridine rings is 1. The van der Waals surface area contributed by atoms with Gasteiger partial charge in [0.1, 0.15) is 11.9 Å². The number of hydrogen-bond donors (Lipinski definition) is 0. The Morgan fingerprint density at radius 1 is 0.973 bits per heavy atom. The van der Waals surface area contributed by atoms with Gasteiger partial charge in [-0.1, -0.05) is 20.8 Å². The second-order valence-electron chi connectivity index (χ2n) is 11.1. The lowest BCUT2D eigenvalue weighted by molar-refractivity contribution is -0.688. The summed E-state index contributed by atoms with van der Waals surface area (Å²) in [4.78, 5) is 17.0. The Hall–Kier alpha value is -2.16. The van der Waals surface area contributed by atoms with Crippen molar-refractivity contribution in [3.8, 4) is 0 Å². The van der Waals surface area contributed by atoms with Crippen molar-refractivity contribution < 1.29 is 27.9 Å². The number of benzene rings is 1. The summed E-state index contributed by atoms with van der Waals surface area (Å²) in [5.74, 6) is -0.641. The molecule has 0 saturated heterocycles. The minimum atomic E-state index is -3.55. The molecule has 0 N–H and O–H groups in total. The van der Waals surface area contributed by atoms with Crippen LogP contribution in [0.2, 0.25) is 0 Å². The third-order valence-corrected chi connectivity index (χ3v) is 8.57. The molecule has 1 heterocycles. The van der Waals surface area contributed by atoms with E-state index in [1.165, 1.54) is 12.1 Å². The van der Waals surface area contributed by atoms with Crippen molar-refractivity contribution in [2.45, 2.75) is 86.3 Å². The average Bonchev–Trinajstić information content (AvgIpc) is 2.78. The molecule has 9 nitrogen and oxygen atoms in total. The fourth-order valence-electron chi connectivity index (χ4n) is 4.09. The van der Waals surface area contributed by atoms with Gasteiger partial charge >= 0.3 is 7.60 Å². The van der Waals surface area contributed by atoms with E-state index in [1.54, 1.807) is 17.2 Å². The van der Waals surface area contributed by atoms with E-state index in [9.17, 15) is 14.7 Å². The Balaban J connectivity index is 2.29. The second-order valence-corrected chi connectivity index (χ2v) is 13.2. The molecule has 0 saturated carbocycles. The largest absolute Gasteiger partial charge is 0.350 e. The highest BCUT2D eigenvalue weighted by atomic mass is 31.2. The number of nitrogens with zero attached hydrogens (tertiary/aromatic N) is 3. The van der Waals surface area contributed by atoms with Gasteiger partial charge in [-0.05, 0) is 64.7 Å². The third-order valence-electron chi connectivity index (χ3n) is 5.75. The molecule has 0 aliphatic heterocycles. The molecule has 0 radical (unpaired) electrons. The fraction of sp³-hybridized carbons (Fsp3) is 0.593. The van der Waals surface area contributed by atoms with Crippen LogP contribution >= 0.6 is 7.60 Å². The predicted octanol–water partition coefficient (Wildman–Crippen LogP) is 6.66. The van der Waals surface area contributed by atoms with Crippen LogP contribution in [0.3, 0.4) is 0 Å². The van der Waals surface area contributed by atoms with Crippen LogP contribution < -0.4 is 4.57 Å². The molecular weight excluding hydrogens is 493 g/mol. The molecule has 0 aliphatic rings. The Bertz CT molecular complexity index is 1050. The first kappa shape index (κ1) is 31.1. The number of non-ortho nitro benzene ring substituents is 1. The SMILES string of the molecule is CCOP(=O)(OCC)C(N(OC(C)c1cc[n+](Cc2ccc([N+](=O)[O-])cc2)cc1)C(C)(C)C)C(C)(C)C. The Morgan fingerprint density at radius 3 is 1.89 bits per heavy atom. The number of nitro groups is 1. The van der Waals surface area contributed by atoms with Crippen LogP contribution in [0.1, 0.15) is 79.5 Å². The monoisotopic (exact) mass is 536 g/mol. The van der Waals surface area contributed by atoms with Crippen molar-refractivity contribution in [2.75, 3.05) is 13.2 Å². The van der Waals surface area contributed by atoms with E-state index in [0.717, 1.165) is 11.1 Å². The Kier molecular flexibility index (Phi) is 10.6. The number of hydrogen-bond acceptors (Lipinski definition) is 7. The first-order chi connectivity index (χ1) is 17.1. The van der Waals surface area contributed by atoms with E-state index >= 15 is 0 Å². The Morgan fingerprint density at radius 2 is 1.49 bits per heavy atom. The minimum absolute atomic E-state index is 0.0743. The normalized spacial score (nSPS) is 14.5. The highest BCUT2D eigenvalue weighted by molar-refractivity contribution is 7.54. The first-order valence-electron chi connectivity index (χ1n) is 12.7. The maximum atomic E-state index is 14.0. The van der Waals surface area contributed by atoms with Crippen LogP contribution in [0.15, 0.2) is 48.8 Å². The summed E-state index contributed by atoms with van der Waals surface area (Å²) in [5.41, 5.74) is 1.01. The molecule has 2 atom stereocenters. The lowest BCUT2D eigenvalue weighted by atomic mass is 9.94. The fourth-order valence-corrected chi connectivity index (χ4v) is 6.77. The molecule has 206 valence electrons. The summed E-state index contributed by atoms with van der Waals surface area (Å²) in [6, 6.07) is 10.5. The van der Waals surface area contributed by atoms with E-state index < -0.39 is 29.3 Å². The van der Waals surface area contributed by atoms with Crippen LogP contribution in [-0.4, -0.2) is 34.5 Å². The van der Waals surface area contributed by atoms with Crippen molar-refractivity contribution in [3.05, 3.63) is 70.0 Å². The molecule has 0 aliphatic carbocycles. The zero-order valence-corrected chi connectivity index (χ0v) is 24.5. The van der Waals surface area contributed by atoms with Gasteiger partial charge in [0, 0.05) is 35.4 Å². The van der Waals surface area contributed by atoms with Crippen molar-refractivity contribution in [1.82, 2.24) is 5.06 Å². The Labute approximate surface area is 221 Å². The molecule has 2 rings (SSSR count). The lowest BCUT2D eigenvalue weighted by Gasteiger charge is -2.48. The van der Waals surface area contributed by atoms with Crippen molar-refractivity contribution in [2.24, 2.45) is 5.41 Å². The van der Waals surface area contributed by atoms with Gasteiger partial charge in [-0.3, -0.25) is 19.5 Å². The summed E-state index contributed by atoms with van der Waals surface area (Å²) >= 11 is 0. The third kappa shape index (κ3) is 8.42. The van der Waals surface area contributed by atoms with E-state index in [1.807, 2.05) is 91.4 Å². The van der Waals surface area contributed by atoms with Crippen molar-refractivity contribution in [3.63, 3.8) is 0 Å². The molecule has 1 aromatic heterocycles. The van der Waals surface area contributed by atoms with Gasteiger partial charge in [-0.2, -0.15) is 5.06 Å². The molecule has 2 unspecified atom stereocenters. The summed E-state index contributed by atoms with van der Waals surface area (Å²) < 4.78 is 27.6. The van der Waals surface area contributed by atoms with E-state index in [2.05, 4.69) is 0 Å². The molecular formula is C27H43N3O6P+. The number of hydroxylamine groups is 2. The summed E-state index contributed by atoms with van der Waals surface area (Å²) in [7, 11) is -3.55. The zero-order chi connectivity index (χ0) is 28.0. The van der Waals surface area contributed by atoms with Crippen molar-refractivity contribution >= 4 is 13.3 Å². The van der Waals surface area contributed by atoms with Crippen LogP contribution in [0.4, 0.5) is 5.69 Å². The smallest absolute Gasteiger partial charge is 0.308 e. The molecule has 37 heavy (non-hydrogen) atoms. The quantitative estimate of drug-likeness (QED) is 0.129. The molecule has 2 aromatic rings. The van der Waals surface area contributed by atoms with Crippen LogP contribution in [-0.2, 0) is 25.0 Å². The van der Waals surface area contributed by atoms with Gasteiger partial charge in [0.05, 0.1) is 18.1 Å². The predicted molar refractivity (Wildman–Crippen MR) is 144 cm³/mol. The van der Waals surface area contributed by atoms with Gasteiger partial charge in [0.25, 0.3) is 5.69 Å². The number of aromatic nitrogens is 1. The van der Waals surface area contributed by atoms with Gasteiger partial charge in [0.2, 0.25) is 0 Å². The van der Waals surface area contributed by atoms with Gasteiger partial charge in [0.15, 0.2) is 18.9 Å². The van der Waals surface area contributed by atoms with Gasteiger partial charge < -0.3 is 9.05 Å². The molecule has 1 aromatic carbocycles. The zero-order valence-electron chi connectivity index (χ0n) is 23.6. The molecule has 0 spiro atoms. The molecule has 0 bridgehead atoms. The highest BCUT2D eigenvalue weighted by Gasteiger charge is 2.51. The summed E-state index contributed by atoms with van der Waals surface area (Å²) in [6.07, 6.45) is 3.56. The van der Waals surface area contributed by atoms with Gasteiger partial charge in [-0.15, -0.1) is 0 Å². The number of nitro benzene ring substituents is 1. The van der Waals surface area contributed by atoms with Crippen molar-refractivity contribution in [1.29, 1.82) is 0 Å². The number of rotatable bonds is 12. The molecule has 0 fully saturated rings. The average molecular weight is 537 g/mol. The lowest BCUT2D eigenvalue weighted by Crippen LogP contribution is -2.53. The summed E-state index contributed by atoms with van der Waals surface area (Å²) in [6.45, 7) is 18.8. The maximum Gasteiger partial charge on any atom is 0.350 e. The first-order valence-corrected chi connectivity index (χ1v) is 14.3. The van der Waals surface area contributed by atoms with Crippen LogP contribution in [0.25, 0.3) is 0 Å². The van der Waals surface area contributed by atoms with E-state index in [0.29, 0.717) is 6.54 Å². The molecule has 0 amide bonds. The topological polar surface area (TPSA) is 95.0 Å². The standard InChI is InChI=1S/C27H43N3O6P/c1-10-34-37(33,35-11-2)25(26(4,5)6)29(27(7,8)9)36-21(3)23-16-18-28(19-17-23)20-22-12-14-24(15-13-22)30(31)32/h12-19,21,25H,10-11,20H2,1-9H3/q+1. The highest BCUT2D eigenvalue weighted by Crippen LogP contribution is 2.61. The van der Waals surface area contributed by atoms with E-state index in [-0.39, 0.29) is 25.0 Å². The van der Waals surface area contributed by atoms with Gasteiger partial charge in [-0.25, -0.2) is 4.57 Å².